The summed E-state index contributed by atoms with van der Waals surface area (Å²) < 4.78 is 10.8. The number of hydrogen-bond acceptors (Lipinski definition) is 4. The first-order valence-corrected chi connectivity index (χ1v) is 7.14. The molecule has 1 aliphatic heterocycles. The molecule has 1 aromatic rings. The number of nitrogens with zero attached hydrogens (tertiary/aromatic N) is 1. The van der Waals surface area contributed by atoms with Crippen molar-refractivity contribution in [1.29, 1.82) is 0 Å². The van der Waals surface area contributed by atoms with E-state index in [0.717, 1.165) is 5.56 Å². The van der Waals surface area contributed by atoms with E-state index in [1.165, 1.54) is 0 Å². The van der Waals surface area contributed by atoms with Gasteiger partial charge in [-0.1, -0.05) is 18.2 Å². The normalized spacial score (nSPS) is 22.2. The van der Waals surface area contributed by atoms with Gasteiger partial charge in [0.15, 0.2) is 0 Å². The predicted molar refractivity (Wildman–Crippen MR) is 79.3 cm³/mol. The Hall–Kier alpha value is -1.75. The lowest BCUT2D eigenvalue weighted by atomic mass is 10.0. The first-order chi connectivity index (χ1) is 9.83. The van der Waals surface area contributed by atoms with Crippen molar-refractivity contribution in [3.8, 4) is 5.75 Å². The van der Waals surface area contributed by atoms with E-state index < -0.39 is 23.8 Å². The molecule has 1 heterocycles. The maximum atomic E-state index is 12.3. The Balaban J connectivity index is 2.29. The Kier molecular flexibility index (Phi) is 4.42. The Morgan fingerprint density at radius 3 is 2.62 bits per heavy atom. The number of aliphatic hydroxyl groups is 1. The number of benzene rings is 1. The lowest BCUT2D eigenvalue weighted by molar-refractivity contribution is 0.0149. The molecule has 0 aromatic heterocycles. The molecule has 1 aromatic carbocycles. The highest BCUT2D eigenvalue weighted by atomic mass is 16.6. The largest absolute Gasteiger partial charge is 0.496 e. The molecule has 0 radical (unpaired) electrons. The van der Waals surface area contributed by atoms with E-state index in [1.54, 1.807) is 12.0 Å². The third-order valence-corrected chi connectivity index (χ3v) is 3.45. The van der Waals surface area contributed by atoms with Crippen molar-refractivity contribution in [3.63, 3.8) is 0 Å². The third kappa shape index (κ3) is 3.47. The zero-order valence-electron chi connectivity index (χ0n) is 13.0. The molecule has 1 saturated heterocycles. The van der Waals surface area contributed by atoms with Gasteiger partial charge in [0.05, 0.1) is 19.3 Å². The molecule has 0 bridgehead atoms. The van der Waals surface area contributed by atoms with Crippen LogP contribution in [0, 0.1) is 0 Å². The molecule has 21 heavy (non-hydrogen) atoms. The molecule has 1 fully saturated rings. The lowest BCUT2D eigenvalue weighted by Gasteiger charge is -2.30. The molecule has 2 rings (SSSR count). The van der Waals surface area contributed by atoms with Crippen molar-refractivity contribution in [2.75, 3.05) is 13.7 Å². The number of carbonyl (C=O) groups is 1. The van der Waals surface area contributed by atoms with Gasteiger partial charge in [-0.3, -0.25) is 4.90 Å². The Morgan fingerprint density at radius 1 is 1.33 bits per heavy atom. The number of ether oxygens (including phenoxy) is 2. The second-order valence-corrected chi connectivity index (χ2v) is 6.22. The van der Waals surface area contributed by atoms with Gasteiger partial charge in [-0.15, -0.1) is 0 Å². The minimum absolute atomic E-state index is 0.407. The summed E-state index contributed by atoms with van der Waals surface area (Å²) in [6.45, 7) is 5.96. The van der Waals surface area contributed by atoms with Crippen LogP contribution in [0.1, 0.15) is 38.8 Å². The molecule has 116 valence electrons. The SMILES string of the molecule is COc1ccccc1[C@@H]1[C@H](O)CCN1C(=O)OC(C)(C)C. The lowest BCUT2D eigenvalue weighted by Crippen LogP contribution is -2.38. The predicted octanol–water partition coefficient (Wildman–Crippen LogP) is 2.74. The van der Waals surface area contributed by atoms with E-state index in [1.807, 2.05) is 45.0 Å². The molecule has 0 spiro atoms. The maximum Gasteiger partial charge on any atom is 0.410 e. The first-order valence-electron chi connectivity index (χ1n) is 7.14. The average molecular weight is 293 g/mol. The molecular weight excluding hydrogens is 270 g/mol. The van der Waals surface area contributed by atoms with Crippen molar-refractivity contribution in [2.45, 2.75) is 44.9 Å². The minimum atomic E-state index is -0.617. The zero-order chi connectivity index (χ0) is 15.6. The topological polar surface area (TPSA) is 59.0 Å². The van der Waals surface area contributed by atoms with Crippen molar-refractivity contribution >= 4 is 6.09 Å². The number of para-hydroxylation sites is 1. The van der Waals surface area contributed by atoms with Gasteiger partial charge in [-0.2, -0.15) is 0 Å². The molecule has 5 heteroatoms. The van der Waals surface area contributed by atoms with E-state index in [9.17, 15) is 9.90 Å². The molecule has 0 unspecified atom stereocenters. The van der Waals surface area contributed by atoms with Gasteiger partial charge >= 0.3 is 6.09 Å². The summed E-state index contributed by atoms with van der Waals surface area (Å²) >= 11 is 0. The Labute approximate surface area is 125 Å². The summed E-state index contributed by atoms with van der Waals surface area (Å²) in [6, 6.07) is 7.00. The van der Waals surface area contributed by atoms with Gasteiger partial charge in [0.2, 0.25) is 0 Å². The van der Waals surface area contributed by atoms with Crippen LogP contribution in [0.25, 0.3) is 0 Å². The van der Waals surface area contributed by atoms with Crippen LogP contribution in [0.15, 0.2) is 24.3 Å². The van der Waals surface area contributed by atoms with Crippen molar-refractivity contribution in [2.24, 2.45) is 0 Å². The summed E-state index contributed by atoms with van der Waals surface area (Å²) in [6.07, 6.45) is -0.495. The van der Waals surface area contributed by atoms with Crippen LogP contribution >= 0.6 is 0 Å². The molecule has 1 aliphatic rings. The van der Waals surface area contributed by atoms with Crippen molar-refractivity contribution < 1.29 is 19.4 Å². The van der Waals surface area contributed by atoms with Gasteiger partial charge in [-0.25, -0.2) is 4.79 Å². The highest BCUT2D eigenvalue weighted by Gasteiger charge is 2.40. The number of amides is 1. The third-order valence-electron chi connectivity index (χ3n) is 3.45. The molecule has 1 amide bonds. The Morgan fingerprint density at radius 2 is 2.00 bits per heavy atom. The fourth-order valence-electron chi connectivity index (χ4n) is 2.59. The first kappa shape index (κ1) is 15.6. The van der Waals surface area contributed by atoms with Crippen LogP contribution in [-0.4, -0.2) is 41.5 Å². The van der Waals surface area contributed by atoms with Gasteiger partial charge in [0.25, 0.3) is 0 Å². The highest BCUT2D eigenvalue weighted by Crippen LogP contribution is 2.37. The van der Waals surface area contributed by atoms with Crippen LogP contribution in [0.4, 0.5) is 4.79 Å². The monoisotopic (exact) mass is 293 g/mol. The standard InChI is InChI=1S/C16H23NO4/c1-16(2,3)21-15(19)17-10-9-12(18)14(17)11-7-5-6-8-13(11)20-4/h5-8,12,14,18H,9-10H2,1-4H3/t12-,14-/m1/s1. The summed E-state index contributed by atoms with van der Waals surface area (Å²) in [5.41, 5.74) is 0.242. The van der Waals surface area contributed by atoms with Crippen LogP contribution in [0.2, 0.25) is 0 Å². The minimum Gasteiger partial charge on any atom is -0.496 e. The number of aliphatic hydroxyl groups excluding tert-OH is 1. The summed E-state index contributed by atoms with van der Waals surface area (Å²) in [7, 11) is 1.58. The highest BCUT2D eigenvalue weighted by molar-refractivity contribution is 5.69. The molecule has 5 nitrogen and oxygen atoms in total. The molecule has 2 atom stereocenters. The number of likely N-dealkylation sites (tertiary alicyclic amines) is 1. The molecular formula is C16H23NO4. The van der Waals surface area contributed by atoms with E-state index >= 15 is 0 Å². The quantitative estimate of drug-likeness (QED) is 0.911. The Bertz CT molecular complexity index is 509. The van der Waals surface area contributed by atoms with Crippen molar-refractivity contribution in [1.82, 2.24) is 4.90 Å². The van der Waals surface area contributed by atoms with Gasteiger partial charge in [0, 0.05) is 12.1 Å². The number of carbonyl (C=O) groups excluding carboxylic acids is 1. The van der Waals surface area contributed by atoms with E-state index in [-0.39, 0.29) is 0 Å². The summed E-state index contributed by atoms with van der Waals surface area (Å²) in [4.78, 5) is 13.9. The summed E-state index contributed by atoms with van der Waals surface area (Å²) in [5.74, 6) is 0.664. The number of rotatable bonds is 2. The zero-order valence-corrected chi connectivity index (χ0v) is 13.0. The fraction of sp³-hybridized carbons (Fsp3) is 0.562. The van der Waals surface area contributed by atoms with Gasteiger partial charge in [-0.05, 0) is 33.3 Å². The van der Waals surface area contributed by atoms with Crippen LogP contribution in [-0.2, 0) is 4.74 Å². The smallest absolute Gasteiger partial charge is 0.410 e. The van der Waals surface area contributed by atoms with Gasteiger partial charge in [0.1, 0.15) is 11.4 Å². The second kappa shape index (κ2) is 5.93. The molecule has 0 saturated carbocycles. The van der Waals surface area contributed by atoms with Crippen LogP contribution < -0.4 is 4.74 Å². The molecule has 0 aliphatic carbocycles. The number of hydrogen-bond donors (Lipinski definition) is 1. The second-order valence-electron chi connectivity index (χ2n) is 6.22. The molecule has 1 N–H and O–H groups in total. The maximum absolute atomic E-state index is 12.3. The van der Waals surface area contributed by atoms with E-state index in [4.69, 9.17) is 9.47 Å². The van der Waals surface area contributed by atoms with Crippen LogP contribution in [0.3, 0.4) is 0 Å². The van der Waals surface area contributed by atoms with Crippen molar-refractivity contribution in [3.05, 3.63) is 29.8 Å². The summed E-state index contributed by atoms with van der Waals surface area (Å²) in [5, 5.41) is 10.3. The number of methoxy groups -OCH3 is 1. The van der Waals surface area contributed by atoms with Gasteiger partial charge < -0.3 is 14.6 Å². The van der Waals surface area contributed by atoms with E-state index in [0.29, 0.717) is 18.7 Å². The average Bonchev–Trinajstić information content (AvgIpc) is 2.78. The van der Waals surface area contributed by atoms with Crippen LogP contribution in [0.5, 0.6) is 5.75 Å². The fourth-order valence-corrected chi connectivity index (χ4v) is 2.59. The van der Waals surface area contributed by atoms with E-state index in [2.05, 4.69) is 0 Å².